The molecule has 1 aromatic carbocycles. The number of ether oxygens (including phenoxy) is 3. The summed E-state index contributed by atoms with van der Waals surface area (Å²) in [6.07, 6.45) is -0.122. The summed E-state index contributed by atoms with van der Waals surface area (Å²) < 4.78 is 16.3. The van der Waals surface area contributed by atoms with Gasteiger partial charge in [0.15, 0.2) is 11.5 Å². The Hall–Kier alpha value is -1.50. The van der Waals surface area contributed by atoms with Crippen molar-refractivity contribution in [2.45, 2.75) is 32.5 Å². The van der Waals surface area contributed by atoms with Crippen LogP contribution in [0.25, 0.3) is 0 Å². The molecule has 1 saturated heterocycles. The molecule has 0 saturated carbocycles. The van der Waals surface area contributed by atoms with Crippen LogP contribution in [-0.4, -0.2) is 44.9 Å². The number of carbonyl (C=O) groups is 1. The van der Waals surface area contributed by atoms with Gasteiger partial charge >= 0.3 is 0 Å². The van der Waals surface area contributed by atoms with Crippen LogP contribution in [0.3, 0.4) is 0 Å². The third-order valence-electron chi connectivity index (χ3n) is 3.59. The minimum Gasteiger partial charge on any atom is -0.493 e. The average molecular weight is 345 g/mol. The van der Waals surface area contributed by atoms with Crippen LogP contribution >= 0.6 is 12.4 Å². The Morgan fingerprint density at radius 2 is 2.22 bits per heavy atom. The van der Waals surface area contributed by atoms with Crippen molar-refractivity contribution in [2.75, 3.05) is 26.9 Å². The van der Waals surface area contributed by atoms with E-state index in [1.807, 2.05) is 32.0 Å². The van der Waals surface area contributed by atoms with Crippen molar-refractivity contribution >= 4 is 18.3 Å². The number of carbonyl (C=O) groups excluding carboxylic acids is 1. The zero-order valence-corrected chi connectivity index (χ0v) is 14.6. The van der Waals surface area contributed by atoms with Gasteiger partial charge in [-0.1, -0.05) is 6.07 Å². The molecule has 1 amide bonds. The molecular weight excluding hydrogens is 320 g/mol. The van der Waals surface area contributed by atoms with Crippen molar-refractivity contribution < 1.29 is 19.0 Å². The summed E-state index contributed by atoms with van der Waals surface area (Å²) in [7, 11) is 1.60. The van der Waals surface area contributed by atoms with Gasteiger partial charge in [0.1, 0.15) is 6.04 Å². The van der Waals surface area contributed by atoms with E-state index >= 15 is 0 Å². The Balaban J connectivity index is 0.00000264. The number of rotatable bonds is 6. The van der Waals surface area contributed by atoms with Crippen molar-refractivity contribution in [1.82, 2.24) is 10.6 Å². The molecule has 2 atom stereocenters. The highest BCUT2D eigenvalue weighted by Crippen LogP contribution is 2.27. The van der Waals surface area contributed by atoms with Gasteiger partial charge in [0, 0.05) is 13.1 Å². The van der Waals surface area contributed by atoms with E-state index in [0.717, 1.165) is 5.56 Å². The molecule has 0 aliphatic carbocycles. The molecule has 2 rings (SSSR count). The van der Waals surface area contributed by atoms with Gasteiger partial charge in [-0.05, 0) is 31.5 Å². The van der Waals surface area contributed by atoms with E-state index < -0.39 is 0 Å². The lowest BCUT2D eigenvalue weighted by molar-refractivity contribution is -0.129. The topological polar surface area (TPSA) is 68.8 Å². The van der Waals surface area contributed by atoms with Crippen LogP contribution in [0.2, 0.25) is 0 Å². The minimum absolute atomic E-state index is 0. The van der Waals surface area contributed by atoms with Crippen molar-refractivity contribution in [3.63, 3.8) is 0 Å². The van der Waals surface area contributed by atoms with E-state index in [1.54, 1.807) is 7.11 Å². The summed E-state index contributed by atoms with van der Waals surface area (Å²) in [5.41, 5.74) is 0.957. The number of nitrogens with one attached hydrogen (secondary N) is 2. The third-order valence-corrected chi connectivity index (χ3v) is 3.59. The van der Waals surface area contributed by atoms with Crippen molar-refractivity contribution in [2.24, 2.45) is 0 Å². The minimum atomic E-state index is -0.307. The predicted octanol–water partition coefficient (Wildman–Crippen LogP) is 1.51. The van der Waals surface area contributed by atoms with E-state index in [9.17, 15) is 4.79 Å². The second kappa shape index (κ2) is 9.60. The van der Waals surface area contributed by atoms with Crippen LogP contribution in [0.15, 0.2) is 18.2 Å². The van der Waals surface area contributed by atoms with Crippen molar-refractivity contribution in [3.05, 3.63) is 23.8 Å². The molecule has 0 radical (unpaired) electrons. The van der Waals surface area contributed by atoms with Crippen LogP contribution < -0.4 is 20.1 Å². The molecule has 1 heterocycles. The smallest absolute Gasteiger partial charge is 0.240 e. The first kappa shape index (κ1) is 19.5. The Kier molecular flexibility index (Phi) is 8.16. The van der Waals surface area contributed by atoms with Gasteiger partial charge < -0.3 is 24.8 Å². The highest BCUT2D eigenvalue weighted by atomic mass is 35.5. The fourth-order valence-corrected chi connectivity index (χ4v) is 2.42. The standard InChI is InChI=1S/C16H24N2O4.ClH/c1-4-21-13-6-5-12(9-14(13)20-3)10-18-16(19)15-11(2)22-8-7-17-15;/h5-6,9,11,15,17H,4,7-8,10H2,1-3H3,(H,18,19);1H/t11-,15+;/m1./s1. The summed E-state index contributed by atoms with van der Waals surface area (Å²) >= 11 is 0. The summed E-state index contributed by atoms with van der Waals surface area (Å²) in [5.74, 6) is 1.32. The zero-order chi connectivity index (χ0) is 15.9. The maximum absolute atomic E-state index is 12.2. The number of halogens is 1. The summed E-state index contributed by atoms with van der Waals surface area (Å²) in [5, 5.41) is 6.10. The van der Waals surface area contributed by atoms with Gasteiger partial charge in [-0.3, -0.25) is 4.79 Å². The van der Waals surface area contributed by atoms with Crippen LogP contribution in [0.1, 0.15) is 19.4 Å². The van der Waals surface area contributed by atoms with Gasteiger partial charge in [0.2, 0.25) is 5.91 Å². The second-order valence-electron chi connectivity index (χ2n) is 5.14. The first-order valence-electron chi connectivity index (χ1n) is 7.58. The van der Waals surface area contributed by atoms with E-state index in [1.165, 1.54) is 0 Å². The number of benzene rings is 1. The normalized spacial score (nSPS) is 20.3. The Labute approximate surface area is 143 Å². The number of amides is 1. The Morgan fingerprint density at radius 3 is 2.87 bits per heavy atom. The summed E-state index contributed by atoms with van der Waals surface area (Å²) in [6.45, 7) is 6.18. The molecule has 0 aromatic heterocycles. The van der Waals surface area contributed by atoms with Crippen LogP contribution in [0.4, 0.5) is 0 Å². The third kappa shape index (κ3) is 5.27. The molecule has 0 bridgehead atoms. The zero-order valence-electron chi connectivity index (χ0n) is 13.8. The lowest BCUT2D eigenvalue weighted by Gasteiger charge is -2.29. The lowest BCUT2D eigenvalue weighted by Crippen LogP contribution is -2.55. The molecule has 7 heteroatoms. The highest BCUT2D eigenvalue weighted by molar-refractivity contribution is 5.85. The molecule has 0 unspecified atom stereocenters. The molecule has 2 N–H and O–H groups in total. The first-order chi connectivity index (χ1) is 10.7. The SMILES string of the molecule is CCOc1ccc(CNC(=O)[C@H]2NCCO[C@@H]2C)cc1OC.Cl. The van der Waals surface area contributed by atoms with Gasteiger partial charge in [-0.15, -0.1) is 12.4 Å². The molecule has 0 spiro atoms. The van der Waals surface area contributed by atoms with Crippen LogP contribution in [0.5, 0.6) is 11.5 Å². The van der Waals surface area contributed by atoms with Gasteiger partial charge in [-0.25, -0.2) is 0 Å². The van der Waals surface area contributed by atoms with Gasteiger partial charge in [-0.2, -0.15) is 0 Å². The first-order valence-corrected chi connectivity index (χ1v) is 7.58. The molecular formula is C16H25ClN2O4. The molecule has 1 aromatic rings. The lowest BCUT2D eigenvalue weighted by atomic mass is 10.1. The van der Waals surface area contributed by atoms with E-state index in [2.05, 4.69) is 10.6 Å². The van der Waals surface area contributed by atoms with Crippen molar-refractivity contribution in [1.29, 1.82) is 0 Å². The fourth-order valence-electron chi connectivity index (χ4n) is 2.42. The molecule has 1 aliphatic rings. The van der Waals surface area contributed by atoms with Gasteiger partial charge in [0.05, 0.1) is 26.4 Å². The maximum atomic E-state index is 12.2. The number of hydrogen-bond donors (Lipinski definition) is 2. The molecule has 130 valence electrons. The van der Waals surface area contributed by atoms with Crippen molar-refractivity contribution in [3.8, 4) is 11.5 Å². The number of morpholine rings is 1. The highest BCUT2D eigenvalue weighted by Gasteiger charge is 2.27. The molecule has 6 nitrogen and oxygen atoms in total. The summed E-state index contributed by atoms with van der Waals surface area (Å²) in [6, 6.07) is 5.34. The Morgan fingerprint density at radius 1 is 1.43 bits per heavy atom. The monoisotopic (exact) mass is 344 g/mol. The number of methoxy groups -OCH3 is 1. The predicted molar refractivity (Wildman–Crippen MR) is 90.5 cm³/mol. The fraction of sp³-hybridized carbons (Fsp3) is 0.562. The molecule has 1 aliphatic heterocycles. The average Bonchev–Trinajstić information content (AvgIpc) is 2.54. The van der Waals surface area contributed by atoms with E-state index in [4.69, 9.17) is 14.2 Å². The molecule has 23 heavy (non-hydrogen) atoms. The van der Waals surface area contributed by atoms with E-state index in [0.29, 0.717) is 37.8 Å². The number of hydrogen-bond acceptors (Lipinski definition) is 5. The van der Waals surface area contributed by atoms with E-state index in [-0.39, 0.29) is 30.5 Å². The molecule has 1 fully saturated rings. The van der Waals surface area contributed by atoms with Gasteiger partial charge in [0.25, 0.3) is 0 Å². The quantitative estimate of drug-likeness (QED) is 0.818. The Bertz CT molecular complexity index is 513. The summed E-state index contributed by atoms with van der Waals surface area (Å²) in [4.78, 5) is 12.2. The second-order valence-corrected chi connectivity index (χ2v) is 5.14. The maximum Gasteiger partial charge on any atom is 0.240 e. The largest absolute Gasteiger partial charge is 0.493 e. The van der Waals surface area contributed by atoms with Crippen LogP contribution in [-0.2, 0) is 16.1 Å². The van der Waals surface area contributed by atoms with Crippen LogP contribution in [0, 0.1) is 0 Å².